The van der Waals surface area contributed by atoms with Crippen LogP contribution in [-0.2, 0) is 14.3 Å². The van der Waals surface area contributed by atoms with Gasteiger partial charge in [-0.1, -0.05) is 42.5 Å². The maximum atomic E-state index is 12.3. The Bertz CT molecular complexity index is 690. The summed E-state index contributed by atoms with van der Waals surface area (Å²) in [6.45, 7) is 1.85. The zero-order valence-electron chi connectivity index (χ0n) is 15.3. The van der Waals surface area contributed by atoms with Crippen molar-refractivity contribution in [3.8, 4) is 0 Å². The van der Waals surface area contributed by atoms with Gasteiger partial charge in [0.15, 0.2) is 6.61 Å². The number of carbonyl (C=O) groups excluding carboxylic acids is 3. The SMILES string of the molecule is CCN(C(=O)COC(=O)CNC(=O)c1ccc(Cl)cc1Cl)C1CCCCC1. The number of hydrogen-bond acceptors (Lipinski definition) is 4. The van der Waals surface area contributed by atoms with Crippen molar-refractivity contribution in [2.45, 2.75) is 45.1 Å². The second kappa shape index (κ2) is 10.5. The lowest BCUT2D eigenvalue weighted by Crippen LogP contribution is -2.43. The third-order valence-corrected chi connectivity index (χ3v) is 5.15. The number of nitrogens with one attached hydrogen (secondary N) is 1. The maximum Gasteiger partial charge on any atom is 0.325 e. The first kappa shape index (κ1) is 21.5. The molecule has 0 atom stereocenters. The van der Waals surface area contributed by atoms with E-state index in [2.05, 4.69) is 5.32 Å². The van der Waals surface area contributed by atoms with Gasteiger partial charge in [-0.25, -0.2) is 0 Å². The fraction of sp³-hybridized carbons (Fsp3) is 0.526. The predicted molar refractivity (Wildman–Crippen MR) is 104 cm³/mol. The molecule has 1 aliphatic carbocycles. The van der Waals surface area contributed by atoms with Crippen LogP contribution in [0.3, 0.4) is 0 Å². The maximum absolute atomic E-state index is 12.3. The third-order valence-electron chi connectivity index (χ3n) is 4.60. The number of likely N-dealkylation sites (N-methyl/N-ethyl adjacent to an activating group) is 1. The first-order chi connectivity index (χ1) is 12.9. The van der Waals surface area contributed by atoms with E-state index in [1.807, 2.05) is 6.92 Å². The molecule has 1 aromatic rings. The monoisotopic (exact) mass is 414 g/mol. The number of rotatable bonds is 7. The molecule has 0 saturated heterocycles. The highest BCUT2D eigenvalue weighted by Crippen LogP contribution is 2.23. The Labute approximate surface area is 169 Å². The molecule has 0 heterocycles. The lowest BCUT2D eigenvalue weighted by molar-refractivity contribution is -0.152. The molecule has 148 valence electrons. The van der Waals surface area contributed by atoms with Crippen LogP contribution in [0.15, 0.2) is 18.2 Å². The third kappa shape index (κ3) is 6.40. The average Bonchev–Trinajstić information content (AvgIpc) is 2.66. The largest absolute Gasteiger partial charge is 0.454 e. The topological polar surface area (TPSA) is 75.7 Å². The van der Waals surface area contributed by atoms with Gasteiger partial charge in [-0.05, 0) is 38.0 Å². The van der Waals surface area contributed by atoms with Crippen LogP contribution in [-0.4, -0.2) is 48.4 Å². The molecule has 2 rings (SSSR count). The van der Waals surface area contributed by atoms with E-state index in [0.717, 1.165) is 25.7 Å². The van der Waals surface area contributed by atoms with E-state index in [-0.39, 0.29) is 35.7 Å². The van der Waals surface area contributed by atoms with Crippen molar-refractivity contribution >= 4 is 41.0 Å². The smallest absolute Gasteiger partial charge is 0.325 e. The number of nitrogens with zero attached hydrogens (tertiary/aromatic N) is 1. The van der Waals surface area contributed by atoms with Crippen LogP contribution in [0.5, 0.6) is 0 Å². The summed E-state index contributed by atoms with van der Waals surface area (Å²) in [6.07, 6.45) is 5.42. The summed E-state index contributed by atoms with van der Waals surface area (Å²) >= 11 is 11.7. The molecular formula is C19H24Cl2N2O4. The Morgan fingerprint density at radius 1 is 1.19 bits per heavy atom. The summed E-state index contributed by atoms with van der Waals surface area (Å²) in [4.78, 5) is 38.0. The van der Waals surface area contributed by atoms with E-state index >= 15 is 0 Å². The molecule has 1 aromatic carbocycles. The molecule has 6 nitrogen and oxygen atoms in total. The number of carbonyl (C=O) groups is 3. The molecular weight excluding hydrogens is 391 g/mol. The van der Waals surface area contributed by atoms with E-state index in [9.17, 15) is 14.4 Å². The zero-order valence-corrected chi connectivity index (χ0v) is 16.8. The van der Waals surface area contributed by atoms with Crippen molar-refractivity contribution < 1.29 is 19.1 Å². The summed E-state index contributed by atoms with van der Waals surface area (Å²) in [5, 5.41) is 3.02. The Kier molecular flexibility index (Phi) is 8.38. The fourth-order valence-electron chi connectivity index (χ4n) is 3.23. The van der Waals surface area contributed by atoms with Crippen molar-refractivity contribution in [3.05, 3.63) is 33.8 Å². The molecule has 1 fully saturated rings. The minimum atomic E-state index is -0.679. The van der Waals surface area contributed by atoms with Gasteiger partial charge in [-0.2, -0.15) is 0 Å². The average molecular weight is 415 g/mol. The van der Waals surface area contributed by atoms with Gasteiger partial charge in [-0.3, -0.25) is 14.4 Å². The molecule has 0 radical (unpaired) electrons. The molecule has 27 heavy (non-hydrogen) atoms. The van der Waals surface area contributed by atoms with Crippen LogP contribution in [0.25, 0.3) is 0 Å². The molecule has 1 aliphatic rings. The molecule has 0 unspecified atom stereocenters. The number of halogens is 2. The van der Waals surface area contributed by atoms with Gasteiger partial charge in [-0.15, -0.1) is 0 Å². The van der Waals surface area contributed by atoms with Gasteiger partial charge < -0.3 is 15.0 Å². The number of hydrogen-bond donors (Lipinski definition) is 1. The van der Waals surface area contributed by atoms with Crippen molar-refractivity contribution in [1.82, 2.24) is 10.2 Å². The second-order valence-corrected chi connectivity index (χ2v) is 7.28. The Morgan fingerprint density at radius 3 is 2.52 bits per heavy atom. The number of esters is 1. The Balaban J connectivity index is 1.77. The summed E-state index contributed by atoms with van der Waals surface area (Å²) in [7, 11) is 0. The van der Waals surface area contributed by atoms with E-state index in [1.165, 1.54) is 24.6 Å². The van der Waals surface area contributed by atoms with Crippen LogP contribution in [0.1, 0.15) is 49.4 Å². The predicted octanol–water partition coefficient (Wildman–Crippen LogP) is 3.45. The first-order valence-corrected chi connectivity index (χ1v) is 9.86. The van der Waals surface area contributed by atoms with Gasteiger partial charge in [0.05, 0.1) is 10.6 Å². The minimum absolute atomic E-state index is 0.189. The molecule has 1 saturated carbocycles. The molecule has 2 amide bonds. The van der Waals surface area contributed by atoms with Gasteiger partial charge in [0.1, 0.15) is 6.54 Å². The van der Waals surface area contributed by atoms with Gasteiger partial charge in [0.25, 0.3) is 11.8 Å². The highest BCUT2D eigenvalue weighted by molar-refractivity contribution is 6.36. The highest BCUT2D eigenvalue weighted by atomic mass is 35.5. The molecule has 1 N–H and O–H groups in total. The van der Waals surface area contributed by atoms with Crippen molar-refractivity contribution in [2.75, 3.05) is 19.7 Å². The minimum Gasteiger partial charge on any atom is -0.454 e. The van der Waals surface area contributed by atoms with Gasteiger partial charge in [0, 0.05) is 17.6 Å². The summed E-state index contributed by atoms with van der Waals surface area (Å²) < 4.78 is 5.01. The van der Waals surface area contributed by atoms with Gasteiger partial charge >= 0.3 is 5.97 Å². The molecule has 0 spiro atoms. The molecule has 0 aromatic heterocycles. The summed E-state index contributed by atoms with van der Waals surface area (Å²) in [6, 6.07) is 4.67. The van der Waals surface area contributed by atoms with E-state index in [0.29, 0.717) is 11.6 Å². The standard InChI is InChI=1S/C19H24Cl2N2O4/c1-2-23(14-6-4-3-5-7-14)17(24)12-27-18(25)11-22-19(26)15-9-8-13(20)10-16(15)21/h8-10,14H,2-7,11-12H2,1H3,(H,22,26). The fourth-order valence-corrected chi connectivity index (χ4v) is 3.72. The van der Waals surface area contributed by atoms with Crippen molar-refractivity contribution in [1.29, 1.82) is 0 Å². The second-order valence-electron chi connectivity index (χ2n) is 6.44. The lowest BCUT2D eigenvalue weighted by Gasteiger charge is -2.33. The Morgan fingerprint density at radius 2 is 1.89 bits per heavy atom. The van der Waals surface area contributed by atoms with Crippen LogP contribution in [0.4, 0.5) is 0 Å². The molecule has 8 heteroatoms. The Hall–Kier alpha value is -1.79. The number of benzene rings is 1. The quantitative estimate of drug-likeness (QED) is 0.693. The van der Waals surface area contributed by atoms with Crippen LogP contribution < -0.4 is 5.32 Å². The highest BCUT2D eigenvalue weighted by Gasteiger charge is 2.24. The van der Waals surface area contributed by atoms with E-state index in [4.69, 9.17) is 27.9 Å². The molecule has 0 bridgehead atoms. The van der Waals surface area contributed by atoms with Gasteiger partial charge in [0.2, 0.25) is 0 Å². The first-order valence-electron chi connectivity index (χ1n) is 9.10. The zero-order chi connectivity index (χ0) is 19.8. The molecule has 0 aliphatic heterocycles. The summed E-state index contributed by atoms with van der Waals surface area (Å²) in [5.41, 5.74) is 0.208. The number of amides is 2. The number of ether oxygens (including phenoxy) is 1. The lowest BCUT2D eigenvalue weighted by atomic mass is 9.94. The van der Waals surface area contributed by atoms with Crippen molar-refractivity contribution in [2.24, 2.45) is 0 Å². The van der Waals surface area contributed by atoms with Crippen molar-refractivity contribution in [3.63, 3.8) is 0 Å². The van der Waals surface area contributed by atoms with Crippen LogP contribution >= 0.6 is 23.2 Å². The van der Waals surface area contributed by atoms with E-state index in [1.54, 1.807) is 4.90 Å². The van der Waals surface area contributed by atoms with Crippen LogP contribution in [0, 0.1) is 0 Å². The normalized spacial score (nSPS) is 14.5. The summed E-state index contributed by atoms with van der Waals surface area (Å²) in [5.74, 6) is -1.40. The van der Waals surface area contributed by atoms with Crippen LogP contribution in [0.2, 0.25) is 10.0 Å². The van der Waals surface area contributed by atoms with E-state index < -0.39 is 11.9 Å².